The molecule has 1 aliphatic carbocycles. The van der Waals surface area contributed by atoms with Gasteiger partial charge < -0.3 is 5.11 Å². The number of aliphatic carboxylic acids is 1. The van der Waals surface area contributed by atoms with Gasteiger partial charge in [0.1, 0.15) is 11.6 Å². The van der Waals surface area contributed by atoms with Gasteiger partial charge in [-0.2, -0.15) is 0 Å². The van der Waals surface area contributed by atoms with Crippen molar-refractivity contribution in [3.8, 4) is 0 Å². The third-order valence-electron chi connectivity index (χ3n) is 2.55. The van der Waals surface area contributed by atoms with E-state index in [9.17, 15) is 13.6 Å². The Hall–Kier alpha value is -1.45. The molecule has 4 heteroatoms. The molecule has 2 nitrogen and oxygen atoms in total. The second-order valence-corrected chi connectivity index (χ2v) is 3.38. The van der Waals surface area contributed by atoms with Crippen LogP contribution in [0.4, 0.5) is 8.78 Å². The SMILES string of the molecule is O=C(O)[C@@H]1CCc2c(F)cc(F)cc21. The zero-order valence-corrected chi connectivity index (χ0v) is 7.26. The van der Waals surface area contributed by atoms with Crippen molar-refractivity contribution in [2.45, 2.75) is 18.8 Å². The summed E-state index contributed by atoms with van der Waals surface area (Å²) in [7, 11) is 0. The number of carboxylic acids is 1. The summed E-state index contributed by atoms with van der Waals surface area (Å²) in [5.41, 5.74) is 0.633. The number of hydrogen-bond donors (Lipinski definition) is 1. The lowest BCUT2D eigenvalue weighted by Gasteiger charge is -2.05. The van der Waals surface area contributed by atoms with Crippen LogP contribution in [0, 0.1) is 11.6 Å². The summed E-state index contributed by atoms with van der Waals surface area (Å²) in [6.07, 6.45) is 0.726. The van der Waals surface area contributed by atoms with Crippen LogP contribution in [0.25, 0.3) is 0 Å². The lowest BCUT2D eigenvalue weighted by Crippen LogP contribution is -2.08. The van der Waals surface area contributed by atoms with Crippen molar-refractivity contribution in [2.75, 3.05) is 0 Å². The molecule has 0 saturated carbocycles. The molecule has 0 saturated heterocycles. The number of benzene rings is 1. The molecule has 2 rings (SSSR count). The van der Waals surface area contributed by atoms with Gasteiger partial charge in [0.15, 0.2) is 0 Å². The van der Waals surface area contributed by atoms with Crippen molar-refractivity contribution in [3.05, 3.63) is 34.9 Å². The first-order valence-electron chi connectivity index (χ1n) is 4.30. The first-order valence-corrected chi connectivity index (χ1v) is 4.30. The summed E-state index contributed by atoms with van der Waals surface area (Å²) >= 11 is 0. The molecule has 0 fully saturated rings. The maximum absolute atomic E-state index is 13.2. The van der Waals surface area contributed by atoms with Gasteiger partial charge in [-0.25, -0.2) is 8.78 Å². The Balaban J connectivity index is 2.54. The minimum Gasteiger partial charge on any atom is -0.481 e. The smallest absolute Gasteiger partial charge is 0.310 e. The molecule has 1 atom stereocenters. The summed E-state index contributed by atoms with van der Waals surface area (Å²) in [5, 5.41) is 8.80. The van der Waals surface area contributed by atoms with Gasteiger partial charge in [0, 0.05) is 6.07 Å². The van der Waals surface area contributed by atoms with E-state index >= 15 is 0 Å². The van der Waals surface area contributed by atoms with E-state index in [0.717, 1.165) is 12.1 Å². The number of hydrogen-bond acceptors (Lipinski definition) is 1. The molecular formula is C10H8F2O2. The van der Waals surface area contributed by atoms with Crippen LogP contribution in [-0.4, -0.2) is 11.1 Å². The predicted octanol–water partition coefficient (Wildman–Crippen LogP) is 2.08. The summed E-state index contributed by atoms with van der Waals surface area (Å²) in [5.74, 6) is -3.12. The molecule has 0 aliphatic heterocycles. The third kappa shape index (κ3) is 1.27. The van der Waals surface area contributed by atoms with Crippen LogP contribution in [0.15, 0.2) is 12.1 Å². The Morgan fingerprint density at radius 2 is 2.14 bits per heavy atom. The molecule has 74 valence electrons. The quantitative estimate of drug-likeness (QED) is 0.750. The average molecular weight is 198 g/mol. The van der Waals surface area contributed by atoms with Crippen molar-refractivity contribution < 1.29 is 18.7 Å². The fourth-order valence-corrected chi connectivity index (χ4v) is 1.90. The molecule has 0 aromatic heterocycles. The van der Waals surface area contributed by atoms with Gasteiger partial charge in [-0.1, -0.05) is 0 Å². The Morgan fingerprint density at radius 3 is 2.79 bits per heavy atom. The average Bonchev–Trinajstić information content (AvgIpc) is 2.47. The van der Waals surface area contributed by atoms with Gasteiger partial charge in [-0.3, -0.25) is 4.79 Å². The van der Waals surface area contributed by atoms with Crippen molar-refractivity contribution in [2.24, 2.45) is 0 Å². The predicted molar refractivity (Wildman–Crippen MR) is 45.1 cm³/mol. The van der Waals surface area contributed by atoms with Gasteiger partial charge in [-0.15, -0.1) is 0 Å². The number of rotatable bonds is 1. The van der Waals surface area contributed by atoms with Gasteiger partial charge >= 0.3 is 5.97 Å². The maximum Gasteiger partial charge on any atom is 0.310 e. The van der Waals surface area contributed by atoms with Crippen LogP contribution < -0.4 is 0 Å². The minimum absolute atomic E-state index is 0.287. The maximum atomic E-state index is 13.2. The van der Waals surface area contributed by atoms with E-state index in [1.165, 1.54) is 0 Å². The van der Waals surface area contributed by atoms with Gasteiger partial charge in [0.25, 0.3) is 0 Å². The number of halogens is 2. The molecule has 0 unspecified atom stereocenters. The van der Waals surface area contributed by atoms with Crippen LogP contribution in [0.2, 0.25) is 0 Å². The Labute approximate surface area is 79.2 Å². The minimum atomic E-state index is -1.02. The first-order chi connectivity index (χ1) is 6.59. The van der Waals surface area contributed by atoms with Crippen molar-refractivity contribution in [3.63, 3.8) is 0 Å². The van der Waals surface area contributed by atoms with Crippen molar-refractivity contribution in [1.82, 2.24) is 0 Å². The highest BCUT2D eigenvalue weighted by molar-refractivity contribution is 5.77. The molecule has 1 aliphatic rings. The highest BCUT2D eigenvalue weighted by Crippen LogP contribution is 2.35. The van der Waals surface area contributed by atoms with Gasteiger partial charge in [-0.05, 0) is 30.0 Å². The number of carboxylic acid groups (broad SMARTS) is 1. The lowest BCUT2D eigenvalue weighted by molar-refractivity contribution is -0.138. The largest absolute Gasteiger partial charge is 0.481 e. The second-order valence-electron chi connectivity index (χ2n) is 3.38. The summed E-state index contributed by atoms with van der Waals surface area (Å²) in [6.45, 7) is 0. The highest BCUT2D eigenvalue weighted by Gasteiger charge is 2.30. The van der Waals surface area contributed by atoms with E-state index < -0.39 is 23.5 Å². The van der Waals surface area contributed by atoms with Crippen LogP contribution in [0.5, 0.6) is 0 Å². The summed E-state index contributed by atoms with van der Waals surface area (Å²) in [6, 6.07) is 1.91. The van der Waals surface area contributed by atoms with Crippen LogP contribution >= 0.6 is 0 Å². The van der Waals surface area contributed by atoms with E-state index in [0.29, 0.717) is 18.4 Å². The normalized spacial score (nSPS) is 19.4. The lowest BCUT2D eigenvalue weighted by atomic mass is 10.0. The molecule has 0 amide bonds. The van der Waals surface area contributed by atoms with E-state index in [2.05, 4.69) is 0 Å². The topological polar surface area (TPSA) is 37.3 Å². The zero-order chi connectivity index (χ0) is 10.3. The molecule has 1 N–H and O–H groups in total. The highest BCUT2D eigenvalue weighted by atomic mass is 19.1. The molecule has 0 radical (unpaired) electrons. The Bertz CT molecular complexity index is 401. The number of carbonyl (C=O) groups is 1. The van der Waals surface area contributed by atoms with E-state index in [1.807, 2.05) is 0 Å². The Kier molecular flexibility index (Phi) is 1.98. The molecule has 0 heterocycles. The fraction of sp³-hybridized carbons (Fsp3) is 0.300. The number of fused-ring (bicyclic) bond motifs is 1. The zero-order valence-electron chi connectivity index (χ0n) is 7.26. The van der Waals surface area contributed by atoms with Crippen molar-refractivity contribution >= 4 is 5.97 Å². The molecule has 1 aromatic rings. The van der Waals surface area contributed by atoms with Crippen LogP contribution in [0.1, 0.15) is 23.5 Å². The van der Waals surface area contributed by atoms with Gasteiger partial charge in [0.05, 0.1) is 5.92 Å². The third-order valence-corrected chi connectivity index (χ3v) is 2.55. The molecular weight excluding hydrogens is 190 g/mol. The molecule has 0 spiro atoms. The van der Waals surface area contributed by atoms with Crippen LogP contribution in [0.3, 0.4) is 0 Å². The Morgan fingerprint density at radius 1 is 1.43 bits per heavy atom. The fourth-order valence-electron chi connectivity index (χ4n) is 1.90. The monoisotopic (exact) mass is 198 g/mol. The summed E-state index contributed by atoms with van der Waals surface area (Å²) in [4.78, 5) is 10.7. The van der Waals surface area contributed by atoms with E-state index in [-0.39, 0.29) is 5.56 Å². The molecule has 1 aromatic carbocycles. The molecule has 0 bridgehead atoms. The second kappa shape index (κ2) is 3.04. The van der Waals surface area contributed by atoms with E-state index in [1.54, 1.807) is 0 Å². The van der Waals surface area contributed by atoms with Crippen LogP contribution in [-0.2, 0) is 11.2 Å². The van der Waals surface area contributed by atoms with Gasteiger partial charge in [0.2, 0.25) is 0 Å². The molecule has 14 heavy (non-hydrogen) atoms. The van der Waals surface area contributed by atoms with Crippen molar-refractivity contribution in [1.29, 1.82) is 0 Å². The van der Waals surface area contributed by atoms with E-state index in [4.69, 9.17) is 5.11 Å². The summed E-state index contributed by atoms with van der Waals surface area (Å²) < 4.78 is 26.0. The standard InChI is InChI=1S/C10H8F2O2/c11-5-3-8-6(9(12)4-5)1-2-7(8)10(13)14/h3-4,7H,1-2H2,(H,13,14)/t7-/m1/s1. The first kappa shape index (κ1) is 9.12.